The number of benzene rings is 1. The smallest absolute Gasteiger partial charge is 0.306 e. The van der Waals surface area contributed by atoms with E-state index in [0.29, 0.717) is 26.2 Å². The summed E-state index contributed by atoms with van der Waals surface area (Å²) >= 11 is 0. The van der Waals surface area contributed by atoms with E-state index in [-0.39, 0.29) is 24.2 Å². The predicted octanol–water partition coefficient (Wildman–Crippen LogP) is 2.10. The first-order chi connectivity index (χ1) is 9.19. The molecule has 1 saturated heterocycles. The third-order valence-corrected chi connectivity index (χ3v) is 2.75. The van der Waals surface area contributed by atoms with E-state index >= 15 is 0 Å². The Hall–Kier alpha value is -1.62. The van der Waals surface area contributed by atoms with E-state index in [4.69, 9.17) is 14.2 Å². The molecule has 104 valence electrons. The summed E-state index contributed by atoms with van der Waals surface area (Å²) in [5, 5.41) is 0. The van der Waals surface area contributed by atoms with Crippen molar-refractivity contribution in [2.45, 2.75) is 25.9 Å². The fourth-order valence-electron chi connectivity index (χ4n) is 1.64. The second-order valence-corrected chi connectivity index (χ2v) is 4.34. The van der Waals surface area contributed by atoms with Gasteiger partial charge in [0.1, 0.15) is 12.7 Å². The third-order valence-electron chi connectivity index (χ3n) is 2.75. The molecule has 1 aromatic rings. The van der Waals surface area contributed by atoms with Gasteiger partial charge in [-0.05, 0) is 31.0 Å². The van der Waals surface area contributed by atoms with Gasteiger partial charge in [-0.1, -0.05) is 6.07 Å². The molecule has 0 bridgehead atoms. The number of esters is 1. The molecule has 19 heavy (non-hydrogen) atoms. The summed E-state index contributed by atoms with van der Waals surface area (Å²) in [5.74, 6) is -0.466. The Morgan fingerprint density at radius 2 is 2.32 bits per heavy atom. The van der Waals surface area contributed by atoms with Crippen LogP contribution in [-0.2, 0) is 20.7 Å². The molecular weight excluding hydrogens is 251 g/mol. The predicted molar refractivity (Wildman–Crippen MR) is 66.6 cm³/mol. The maximum absolute atomic E-state index is 13.7. The second kappa shape index (κ2) is 6.52. The van der Waals surface area contributed by atoms with Crippen LogP contribution in [0.3, 0.4) is 0 Å². The zero-order chi connectivity index (χ0) is 13.7. The van der Waals surface area contributed by atoms with E-state index in [1.807, 2.05) is 0 Å². The van der Waals surface area contributed by atoms with Crippen LogP contribution in [0, 0.1) is 5.82 Å². The van der Waals surface area contributed by atoms with Crippen molar-refractivity contribution >= 4 is 5.97 Å². The number of carbonyl (C=O) groups excluding carboxylic acids is 1. The highest BCUT2D eigenvalue weighted by molar-refractivity contribution is 5.69. The molecule has 0 aromatic heterocycles. The Bertz CT molecular complexity index is 443. The Balaban J connectivity index is 1.84. The van der Waals surface area contributed by atoms with Crippen LogP contribution in [0.15, 0.2) is 18.2 Å². The van der Waals surface area contributed by atoms with E-state index in [1.165, 1.54) is 6.07 Å². The lowest BCUT2D eigenvalue weighted by Crippen LogP contribution is -2.07. The molecule has 1 aliphatic rings. The molecule has 0 N–H and O–H groups in total. The molecule has 1 aliphatic heterocycles. The van der Waals surface area contributed by atoms with Crippen molar-refractivity contribution in [3.8, 4) is 5.75 Å². The minimum absolute atomic E-state index is 0.0999. The first kappa shape index (κ1) is 13.8. The number of ether oxygens (including phenoxy) is 3. The first-order valence-electron chi connectivity index (χ1n) is 6.37. The van der Waals surface area contributed by atoms with E-state index < -0.39 is 5.82 Å². The topological polar surface area (TPSA) is 48.1 Å². The Labute approximate surface area is 111 Å². The number of hydrogen-bond acceptors (Lipinski definition) is 4. The van der Waals surface area contributed by atoms with Gasteiger partial charge in [0.25, 0.3) is 0 Å². The van der Waals surface area contributed by atoms with Crippen molar-refractivity contribution in [1.29, 1.82) is 0 Å². The molecule has 0 amide bonds. The van der Waals surface area contributed by atoms with Crippen molar-refractivity contribution in [1.82, 2.24) is 0 Å². The fraction of sp³-hybridized carbons (Fsp3) is 0.500. The molecule has 0 saturated carbocycles. The highest BCUT2D eigenvalue weighted by Crippen LogP contribution is 2.21. The van der Waals surface area contributed by atoms with Crippen LogP contribution >= 0.6 is 0 Å². The molecule has 1 heterocycles. The quantitative estimate of drug-likeness (QED) is 0.561. The number of epoxide rings is 1. The van der Waals surface area contributed by atoms with Gasteiger partial charge in [-0.3, -0.25) is 4.79 Å². The van der Waals surface area contributed by atoms with Gasteiger partial charge in [-0.2, -0.15) is 0 Å². The average Bonchev–Trinajstić information content (AvgIpc) is 3.20. The lowest BCUT2D eigenvalue weighted by Gasteiger charge is -2.07. The van der Waals surface area contributed by atoms with Crippen molar-refractivity contribution in [3.05, 3.63) is 29.6 Å². The highest BCUT2D eigenvalue weighted by Gasteiger charge is 2.23. The van der Waals surface area contributed by atoms with Crippen molar-refractivity contribution in [2.75, 3.05) is 19.8 Å². The van der Waals surface area contributed by atoms with Crippen LogP contribution in [0.2, 0.25) is 0 Å². The van der Waals surface area contributed by atoms with Crippen LogP contribution in [0.5, 0.6) is 5.75 Å². The molecule has 0 radical (unpaired) electrons. The Morgan fingerprint density at radius 1 is 1.53 bits per heavy atom. The second-order valence-electron chi connectivity index (χ2n) is 4.34. The van der Waals surface area contributed by atoms with Gasteiger partial charge < -0.3 is 14.2 Å². The summed E-state index contributed by atoms with van der Waals surface area (Å²) in [6, 6.07) is 4.73. The minimum Gasteiger partial charge on any atom is -0.488 e. The number of aryl methyl sites for hydroxylation is 1. The van der Waals surface area contributed by atoms with Gasteiger partial charge in [0.05, 0.1) is 13.2 Å². The lowest BCUT2D eigenvalue weighted by atomic mass is 10.1. The molecule has 1 unspecified atom stereocenters. The zero-order valence-corrected chi connectivity index (χ0v) is 10.9. The van der Waals surface area contributed by atoms with Crippen molar-refractivity contribution < 1.29 is 23.4 Å². The first-order valence-corrected chi connectivity index (χ1v) is 6.37. The zero-order valence-electron chi connectivity index (χ0n) is 10.9. The van der Waals surface area contributed by atoms with E-state index in [9.17, 15) is 9.18 Å². The van der Waals surface area contributed by atoms with Gasteiger partial charge in [-0.15, -0.1) is 0 Å². The van der Waals surface area contributed by atoms with E-state index in [2.05, 4.69) is 0 Å². The fourth-order valence-corrected chi connectivity index (χ4v) is 1.64. The van der Waals surface area contributed by atoms with Gasteiger partial charge in [0.15, 0.2) is 11.6 Å². The molecule has 1 fully saturated rings. The normalized spacial score (nSPS) is 17.1. The Kier molecular flexibility index (Phi) is 4.74. The van der Waals surface area contributed by atoms with Gasteiger partial charge in [-0.25, -0.2) is 4.39 Å². The molecule has 5 heteroatoms. The van der Waals surface area contributed by atoms with E-state index in [1.54, 1.807) is 19.1 Å². The number of hydrogen-bond donors (Lipinski definition) is 0. The Morgan fingerprint density at radius 3 is 2.95 bits per heavy atom. The number of rotatable bonds is 7. The highest BCUT2D eigenvalue weighted by atomic mass is 19.1. The summed E-state index contributed by atoms with van der Waals surface area (Å²) < 4.78 is 28.8. The van der Waals surface area contributed by atoms with Crippen LogP contribution in [0.1, 0.15) is 18.9 Å². The largest absolute Gasteiger partial charge is 0.488 e. The van der Waals surface area contributed by atoms with Crippen molar-refractivity contribution in [3.63, 3.8) is 0 Å². The summed E-state index contributed by atoms with van der Waals surface area (Å²) in [6.07, 6.45) is 0.813. The van der Waals surface area contributed by atoms with E-state index in [0.717, 1.165) is 5.56 Å². The molecule has 2 rings (SSSR count). The van der Waals surface area contributed by atoms with Crippen molar-refractivity contribution in [2.24, 2.45) is 0 Å². The van der Waals surface area contributed by atoms with Gasteiger partial charge >= 0.3 is 5.97 Å². The van der Waals surface area contributed by atoms with Gasteiger partial charge in [0, 0.05) is 6.42 Å². The number of carbonyl (C=O) groups is 1. The van der Waals surface area contributed by atoms with Crippen LogP contribution in [-0.4, -0.2) is 31.9 Å². The third kappa shape index (κ3) is 4.52. The van der Waals surface area contributed by atoms with Crippen LogP contribution < -0.4 is 4.74 Å². The molecule has 0 spiro atoms. The maximum Gasteiger partial charge on any atom is 0.306 e. The average molecular weight is 268 g/mol. The standard InChI is InChI=1S/C14H17FO4/c1-2-17-14(16)6-4-10-3-5-13(12(15)7-10)19-9-11-8-18-11/h3,5,7,11H,2,4,6,8-9H2,1H3. The summed E-state index contributed by atoms with van der Waals surface area (Å²) in [6.45, 7) is 3.18. The minimum atomic E-state index is -0.415. The summed E-state index contributed by atoms with van der Waals surface area (Å²) in [5.41, 5.74) is 0.751. The number of halogens is 1. The maximum atomic E-state index is 13.7. The molecule has 0 aliphatic carbocycles. The molecular formula is C14H17FO4. The lowest BCUT2D eigenvalue weighted by molar-refractivity contribution is -0.143. The monoisotopic (exact) mass is 268 g/mol. The molecule has 1 atom stereocenters. The van der Waals surface area contributed by atoms with Crippen LogP contribution in [0.4, 0.5) is 4.39 Å². The summed E-state index contributed by atoms with van der Waals surface area (Å²) in [7, 11) is 0. The molecule has 1 aromatic carbocycles. The molecule has 4 nitrogen and oxygen atoms in total. The summed E-state index contributed by atoms with van der Waals surface area (Å²) in [4.78, 5) is 11.2. The SMILES string of the molecule is CCOC(=O)CCc1ccc(OCC2CO2)c(F)c1. The van der Waals surface area contributed by atoms with Crippen LogP contribution in [0.25, 0.3) is 0 Å². The van der Waals surface area contributed by atoms with Gasteiger partial charge in [0.2, 0.25) is 0 Å².